The third-order valence-corrected chi connectivity index (χ3v) is 2.40. The standard InChI is InChI=1S/C10H13N3O/c1-7-3-2-4-12-9(7)13-10(14)8-5-11-6-8/h2-4,8,11H,5-6H2,1H3,(H,12,13,14). The van der Waals surface area contributed by atoms with Crippen LogP contribution in [0, 0.1) is 12.8 Å². The number of aryl methyl sites for hydroxylation is 1. The van der Waals surface area contributed by atoms with E-state index in [1.54, 1.807) is 6.20 Å². The minimum Gasteiger partial charge on any atom is -0.315 e. The van der Waals surface area contributed by atoms with E-state index in [2.05, 4.69) is 15.6 Å². The van der Waals surface area contributed by atoms with Crippen molar-refractivity contribution in [2.75, 3.05) is 18.4 Å². The van der Waals surface area contributed by atoms with Gasteiger partial charge in [0.2, 0.25) is 5.91 Å². The Morgan fingerprint density at radius 2 is 2.43 bits per heavy atom. The Balaban J connectivity index is 2.03. The summed E-state index contributed by atoms with van der Waals surface area (Å²) in [5.41, 5.74) is 0.994. The monoisotopic (exact) mass is 191 g/mol. The van der Waals surface area contributed by atoms with Crippen molar-refractivity contribution in [2.24, 2.45) is 5.92 Å². The average molecular weight is 191 g/mol. The number of pyridine rings is 1. The summed E-state index contributed by atoms with van der Waals surface area (Å²) < 4.78 is 0. The lowest BCUT2D eigenvalue weighted by atomic mass is 10.0. The SMILES string of the molecule is Cc1cccnc1NC(=O)C1CNC1. The number of hydrogen-bond acceptors (Lipinski definition) is 3. The molecule has 14 heavy (non-hydrogen) atoms. The van der Waals surface area contributed by atoms with E-state index >= 15 is 0 Å². The third kappa shape index (κ3) is 1.75. The quantitative estimate of drug-likeness (QED) is 0.717. The van der Waals surface area contributed by atoms with E-state index in [9.17, 15) is 4.79 Å². The molecule has 74 valence electrons. The first kappa shape index (κ1) is 9.15. The number of rotatable bonds is 2. The molecule has 1 aromatic heterocycles. The highest BCUT2D eigenvalue weighted by molar-refractivity contribution is 5.93. The molecule has 1 amide bonds. The second-order valence-electron chi connectivity index (χ2n) is 3.51. The summed E-state index contributed by atoms with van der Waals surface area (Å²) in [4.78, 5) is 15.7. The molecule has 1 aliphatic heterocycles. The molecule has 0 aliphatic carbocycles. The van der Waals surface area contributed by atoms with Crippen molar-refractivity contribution >= 4 is 11.7 Å². The van der Waals surface area contributed by atoms with Gasteiger partial charge in [0.25, 0.3) is 0 Å². The van der Waals surface area contributed by atoms with Gasteiger partial charge in [-0.2, -0.15) is 0 Å². The summed E-state index contributed by atoms with van der Waals surface area (Å²) >= 11 is 0. The van der Waals surface area contributed by atoms with Crippen LogP contribution >= 0.6 is 0 Å². The molecule has 1 aromatic rings. The summed E-state index contributed by atoms with van der Waals surface area (Å²) in [6.45, 7) is 3.48. The van der Waals surface area contributed by atoms with Crippen LogP contribution in [0.4, 0.5) is 5.82 Å². The summed E-state index contributed by atoms with van der Waals surface area (Å²) in [6, 6.07) is 3.79. The van der Waals surface area contributed by atoms with Gasteiger partial charge in [-0.05, 0) is 18.6 Å². The van der Waals surface area contributed by atoms with Crippen LogP contribution in [0.1, 0.15) is 5.56 Å². The molecule has 2 heterocycles. The molecule has 0 atom stereocenters. The highest BCUT2D eigenvalue weighted by atomic mass is 16.2. The Morgan fingerprint density at radius 1 is 1.64 bits per heavy atom. The molecule has 1 fully saturated rings. The van der Waals surface area contributed by atoms with Crippen LogP contribution in [-0.2, 0) is 4.79 Å². The van der Waals surface area contributed by atoms with Crippen LogP contribution in [-0.4, -0.2) is 24.0 Å². The lowest BCUT2D eigenvalue weighted by Crippen LogP contribution is -2.48. The average Bonchev–Trinajstić information content (AvgIpc) is 2.05. The molecular formula is C10H13N3O. The predicted octanol–water partition coefficient (Wildman–Crippen LogP) is 0.548. The van der Waals surface area contributed by atoms with Gasteiger partial charge in [0.15, 0.2) is 0 Å². The summed E-state index contributed by atoms with van der Waals surface area (Å²) in [5.74, 6) is 0.839. The number of hydrogen-bond donors (Lipinski definition) is 2. The van der Waals surface area contributed by atoms with E-state index in [1.807, 2.05) is 19.1 Å². The second-order valence-corrected chi connectivity index (χ2v) is 3.51. The number of carbonyl (C=O) groups is 1. The largest absolute Gasteiger partial charge is 0.315 e. The molecule has 0 aromatic carbocycles. The highest BCUT2D eigenvalue weighted by Crippen LogP contribution is 2.12. The molecule has 2 N–H and O–H groups in total. The summed E-state index contributed by atoms with van der Waals surface area (Å²) in [5, 5.41) is 5.88. The summed E-state index contributed by atoms with van der Waals surface area (Å²) in [6.07, 6.45) is 1.68. The maximum Gasteiger partial charge on any atom is 0.231 e. The van der Waals surface area contributed by atoms with Gasteiger partial charge in [-0.25, -0.2) is 4.98 Å². The Bertz CT molecular complexity index is 347. The molecule has 0 bridgehead atoms. The molecule has 4 heteroatoms. The lowest BCUT2D eigenvalue weighted by molar-refractivity contribution is -0.121. The van der Waals surface area contributed by atoms with Crippen LogP contribution in [0.2, 0.25) is 0 Å². The number of nitrogens with zero attached hydrogens (tertiary/aromatic N) is 1. The first-order chi connectivity index (χ1) is 6.77. The van der Waals surface area contributed by atoms with Crippen LogP contribution in [0.3, 0.4) is 0 Å². The Morgan fingerprint density at radius 3 is 3.00 bits per heavy atom. The van der Waals surface area contributed by atoms with Crippen molar-refractivity contribution in [3.8, 4) is 0 Å². The van der Waals surface area contributed by atoms with Crippen molar-refractivity contribution in [1.29, 1.82) is 0 Å². The van der Waals surface area contributed by atoms with E-state index in [0.29, 0.717) is 5.82 Å². The van der Waals surface area contributed by atoms with Crippen molar-refractivity contribution in [2.45, 2.75) is 6.92 Å². The number of carbonyl (C=O) groups excluding carboxylic acids is 1. The van der Waals surface area contributed by atoms with Crippen molar-refractivity contribution < 1.29 is 4.79 Å². The van der Waals surface area contributed by atoms with Crippen LogP contribution in [0.25, 0.3) is 0 Å². The van der Waals surface area contributed by atoms with Gasteiger partial charge in [0, 0.05) is 19.3 Å². The zero-order chi connectivity index (χ0) is 9.97. The minimum atomic E-state index is 0.0607. The van der Waals surface area contributed by atoms with E-state index in [4.69, 9.17) is 0 Å². The Kier molecular flexibility index (Phi) is 2.45. The normalized spacial score (nSPS) is 16.1. The molecule has 0 saturated carbocycles. The topological polar surface area (TPSA) is 54.0 Å². The van der Waals surface area contributed by atoms with E-state index in [-0.39, 0.29) is 11.8 Å². The van der Waals surface area contributed by atoms with Gasteiger partial charge in [0.1, 0.15) is 5.82 Å². The maximum atomic E-state index is 11.6. The van der Waals surface area contributed by atoms with Gasteiger partial charge >= 0.3 is 0 Å². The first-order valence-electron chi connectivity index (χ1n) is 4.70. The van der Waals surface area contributed by atoms with Gasteiger partial charge < -0.3 is 10.6 Å². The smallest absolute Gasteiger partial charge is 0.231 e. The molecular weight excluding hydrogens is 178 g/mol. The predicted molar refractivity (Wildman–Crippen MR) is 54.0 cm³/mol. The van der Waals surface area contributed by atoms with Crippen LogP contribution in [0.15, 0.2) is 18.3 Å². The molecule has 2 rings (SSSR count). The number of nitrogens with one attached hydrogen (secondary N) is 2. The Hall–Kier alpha value is -1.42. The minimum absolute atomic E-state index is 0.0607. The fourth-order valence-electron chi connectivity index (χ4n) is 1.31. The van der Waals surface area contributed by atoms with Gasteiger partial charge in [-0.15, -0.1) is 0 Å². The zero-order valence-electron chi connectivity index (χ0n) is 8.08. The molecule has 0 unspecified atom stereocenters. The van der Waals surface area contributed by atoms with Crippen LogP contribution in [0.5, 0.6) is 0 Å². The fraction of sp³-hybridized carbons (Fsp3) is 0.400. The van der Waals surface area contributed by atoms with Crippen molar-refractivity contribution in [3.63, 3.8) is 0 Å². The third-order valence-electron chi connectivity index (χ3n) is 2.40. The molecule has 0 spiro atoms. The number of amides is 1. The van der Waals surface area contributed by atoms with Gasteiger partial charge in [-0.3, -0.25) is 4.79 Å². The van der Waals surface area contributed by atoms with Gasteiger partial charge in [-0.1, -0.05) is 6.07 Å². The number of aromatic nitrogens is 1. The Labute approximate surface area is 82.7 Å². The van der Waals surface area contributed by atoms with Crippen LogP contribution < -0.4 is 10.6 Å². The van der Waals surface area contributed by atoms with E-state index in [1.165, 1.54) is 0 Å². The summed E-state index contributed by atoms with van der Waals surface area (Å²) in [7, 11) is 0. The van der Waals surface area contributed by atoms with E-state index in [0.717, 1.165) is 18.7 Å². The lowest BCUT2D eigenvalue weighted by Gasteiger charge is -2.25. The number of anilines is 1. The first-order valence-corrected chi connectivity index (χ1v) is 4.70. The maximum absolute atomic E-state index is 11.6. The van der Waals surface area contributed by atoms with E-state index < -0.39 is 0 Å². The van der Waals surface area contributed by atoms with Crippen molar-refractivity contribution in [3.05, 3.63) is 23.9 Å². The molecule has 4 nitrogen and oxygen atoms in total. The molecule has 0 radical (unpaired) electrons. The highest BCUT2D eigenvalue weighted by Gasteiger charge is 2.25. The van der Waals surface area contributed by atoms with Gasteiger partial charge in [0.05, 0.1) is 5.92 Å². The zero-order valence-corrected chi connectivity index (χ0v) is 8.08. The molecule has 1 aliphatic rings. The fourth-order valence-corrected chi connectivity index (χ4v) is 1.31. The molecule has 1 saturated heterocycles. The van der Waals surface area contributed by atoms with Crippen molar-refractivity contribution in [1.82, 2.24) is 10.3 Å². The second kappa shape index (κ2) is 3.75.